The Labute approximate surface area is 129 Å². The molecule has 0 radical (unpaired) electrons. The molecule has 0 aliphatic rings. The third-order valence-corrected chi connectivity index (χ3v) is 2.90. The molecule has 0 aliphatic carbocycles. The topological polar surface area (TPSA) is 81.5 Å². The SMILES string of the molecule is CCOc1ccc(C(=O)Nc2ccc(F)c(F)c2)cc1[N+](=O)[O-]. The van der Waals surface area contributed by atoms with Crippen LogP contribution < -0.4 is 10.1 Å². The van der Waals surface area contributed by atoms with Gasteiger partial charge in [0.15, 0.2) is 17.4 Å². The molecule has 0 aliphatic heterocycles. The summed E-state index contributed by atoms with van der Waals surface area (Å²) in [5.74, 6) is -2.80. The van der Waals surface area contributed by atoms with E-state index in [1.54, 1.807) is 6.92 Å². The maximum Gasteiger partial charge on any atom is 0.311 e. The van der Waals surface area contributed by atoms with Crippen LogP contribution in [0.2, 0.25) is 0 Å². The van der Waals surface area contributed by atoms with E-state index in [1.807, 2.05) is 0 Å². The fourth-order valence-electron chi connectivity index (χ4n) is 1.86. The van der Waals surface area contributed by atoms with Crippen LogP contribution in [0.4, 0.5) is 20.2 Å². The van der Waals surface area contributed by atoms with Gasteiger partial charge in [-0.15, -0.1) is 0 Å². The minimum absolute atomic E-state index is 0.00936. The average Bonchev–Trinajstić information content (AvgIpc) is 2.51. The van der Waals surface area contributed by atoms with Crippen molar-refractivity contribution < 1.29 is 23.2 Å². The molecule has 0 saturated carbocycles. The van der Waals surface area contributed by atoms with Crippen molar-refractivity contribution in [3.05, 3.63) is 63.7 Å². The molecule has 2 aromatic rings. The lowest BCUT2D eigenvalue weighted by molar-refractivity contribution is -0.385. The van der Waals surface area contributed by atoms with E-state index in [1.165, 1.54) is 18.2 Å². The maximum atomic E-state index is 13.1. The van der Waals surface area contributed by atoms with E-state index in [9.17, 15) is 23.7 Å². The lowest BCUT2D eigenvalue weighted by Gasteiger charge is -2.08. The van der Waals surface area contributed by atoms with Gasteiger partial charge in [0.2, 0.25) is 0 Å². The zero-order valence-corrected chi connectivity index (χ0v) is 12.0. The van der Waals surface area contributed by atoms with Crippen LogP contribution in [0.1, 0.15) is 17.3 Å². The highest BCUT2D eigenvalue weighted by atomic mass is 19.2. The lowest BCUT2D eigenvalue weighted by atomic mass is 10.1. The summed E-state index contributed by atoms with van der Waals surface area (Å²) in [4.78, 5) is 22.4. The number of rotatable bonds is 5. The van der Waals surface area contributed by atoms with Crippen molar-refractivity contribution in [1.29, 1.82) is 0 Å². The fraction of sp³-hybridized carbons (Fsp3) is 0.133. The van der Waals surface area contributed by atoms with Gasteiger partial charge >= 0.3 is 5.69 Å². The number of nitro benzene ring substituents is 1. The number of hydrogen-bond acceptors (Lipinski definition) is 4. The molecule has 0 unspecified atom stereocenters. The molecule has 0 aromatic heterocycles. The number of nitrogens with one attached hydrogen (secondary N) is 1. The fourth-order valence-corrected chi connectivity index (χ4v) is 1.86. The van der Waals surface area contributed by atoms with Crippen molar-refractivity contribution in [3.63, 3.8) is 0 Å². The van der Waals surface area contributed by atoms with Gasteiger partial charge in [-0.2, -0.15) is 0 Å². The van der Waals surface area contributed by atoms with Crippen LogP contribution >= 0.6 is 0 Å². The summed E-state index contributed by atoms with van der Waals surface area (Å²) < 4.78 is 31.1. The Morgan fingerprint density at radius 2 is 1.96 bits per heavy atom. The summed E-state index contributed by atoms with van der Waals surface area (Å²) in [7, 11) is 0. The summed E-state index contributed by atoms with van der Waals surface area (Å²) in [6.45, 7) is 1.91. The molecule has 120 valence electrons. The molecule has 1 amide bonds. The summed E-state index contributed by atoms with van der Waals surface area (Å²) in [5.41, 5.74) is -0.333. The number of ether oxygens (including phenoxy) is 1. The highest BCUT2D eigenvalue weighted by Crippen LogP contribution is 2.28. The predicted octanol–water partition coefficient (Wildman–Crippen LogP) is 3.52. The minimum Gasteiger partial charge on any atom is -0.487 e. The molecule has 2 aromatic carbocycles. The van der Waals surface area contributed by atoms with Gasteiger partial charge in [-0.05, 0) is 31.2 Å². The van der Waals surface area contributed by atoms with Gasteiger partial charge in [0.1, 0.15) is 0 Å². The van der Waals surface area contributed by atoms with E-state index in [-0.39, 0.29) is 29.3 Å². The van der Waals surface area contributed by atoms with Gasteiger partial charge in [0.25, 0.3) is 5.91 Å². The largest absolute Gasteiger partial charge is 0.487 e. The highest BCUT2D eigenvalue weighted by Gasteiger charge is 2.19. The second-order valence-electron chi connectivity index (χ2n) is 4.46. The van der Waals surface area contributed by atoms with Crippen LogP contribution in [-0.4, -0.2) is 17.4 Å². The normalized spacial score (nSPS) is 10.2. The van der Waals surface area contributed by atoms with Crippen LogP contribution in [0.15, 0.2) is 36.4 Å². The van der Waals surface area contributed by atoms with Gasteiger partial charge in [-0.25, -0.2) is 8.78 Å². The molecule has 6 nitrogen and oxygen atoms in total. The number of carbonyl (C=O) groups is 1. The third kappa shape index (κ3) is 3.79. The van der Waals surface area contributed by atoms with E-state index in [0.29, 0.717) is 0 Å². The Bertz CT molecular complexity index is 765. The third-order valence-electron chi connectivity index (χ3n) is 2.90. The predicted molar refractivity (Wildman–Crippen MR) is 78.6 cm³/mol. The smallest absolute Gasteiger partial charge is 0.311 e. The zero-order chi connectivity index (χ0) is 17.0. The van der Waals surface area contributed by atoms with Crippen LogP contribution in [-0.2, 0) is 0 Å². The summed E-state index contributed by atoms with van der Waals surface area (Å²) in [6, 6.07) is 6.57. The van der Waals surface area contributed by atoms with Crippen molar-refractivity contribution in [3.8, 4) is 5.75 Å². The van der Waals surface area contributed by atoms with Crippen LogP contribution in [0, 0.1) is 21.7 Å². The number of benzene rings is 2. The molecular weight excluding hydrogens is 310 g/mol. The van der Waals surface area contributed by atoms with Gasteiger partial charge in [0, 0.05) is 23.4 Å². The van der Waals surface area contributed by atoms with Crippen molar-refractivity contribution in [1.82, 2.24) is 0 Å². The van der Waals surface area contributed by atoms with Gasteiger partial charge in [-0.3, -0.25) is 14.9 Å². The molecule has 2 rings (SSSR count). The summed E-state index contributed by atoms with van der Waals surface area (Å²) in [5, 5.41) is 13.3. The average molecular weight is 322 g/mol. The highest BCUT2D eigenvalue weighted by molar-refractivity contribution is 6.04. The van der Waals surface area contributed by atoms with Gasteiger partial charge in [0.05, 0.1) is 11.5 Å². The van der Waals surface area contributed by atoms with Crippen molar-refractivity contribution in [2.45, 2.75) is 6.92 Å². The van der Waals surface area contributed by atoms with Crippen LogP contribution in [0.25, 0.3) is 0 Å². The van der Waals surface area contributed by atoms with E-state index in [2.05, 4.69) is 5.32 Å². The molecule has 0 fully saturated rings. The zero-order valence-electron chi connectivity index (χ0n) is 12.0. The first kappa shape index (κ1) is 16.3. The van der Waals surface area contributed by atoms with E-state index in [4.69, 9.17) is 4.74 Å². The van der Waals surface area contributed by atoms with Gasteiger partial charge < -0.3 is 10.1 Å². The molecule has 0 atom stereocenters. The Balaban J connectivity index is 2.26. The van der Waals surface area contributed by atoms with Crippen molar-refractivity contribution >= 4 is 17.3 Å². The summed E-state index contributed by atoms with van der Waals surface area (Å²) in [6.07, 6.45) is 0. The molecule has 0 bridgehead atoms. The molecule has 0 spiro atoms. The Hall–Kier alpha value is -3.03. The molecule has 8 heteroatoms. The Kier molecular flexibility index (Phi) is 4.85. The summed E-state index contributed by atoms with van der Waals surface area (Å²) >= 11 is 0. The van der Waals surface area contributed by atoms with Crippen molar-refractivity contribution in [2.75, 3.05) is 11.9 Å². The number of halogens is 2. The molecule has 1 N–H and O–H groups in total. The first-order valence-corrected chi connectivity index (χ1v) is 6.60. The van der Waals surface area contributed by atoms with E-state index in [0.717, 1.165) is 18.2 Å². The Morgan fingerprint density at radius 1 is 1.22 bits per heavy atom. The second-order valence-corrected chi connectivity index (χ2v) is 4.46. The molecular formula is C15H12F2N2O4. The second kappa shape index (κ2) is 6.82. The molecule has 0 saturated heterocycles. The molecule has 23 heavy (non-hydrogen) atoms. The lowest BCUT2D eigenvalue weighted by Crippen LogP contribution is -2.12. The molecule has 0 heterocycles. The van der Waals surface area contributed by atoms with Crippen molar-refractivity contribution in [2.24, 2.45) is 0 Å². The van der Waals surface area contributed by atoms with Crippen LogP contribution in [0.3, 0.4) is 0 Å². The number of amides is 1. The first-order valence-electron chi connectivity index (χ1n) is 6.60. The number of anilines is 1. The standard InChI is InChI=1S/C15H12F2N2O4/c1-2-23-14-6-3-9(7-13(14)19(21)22)15(20)18-10-4-5-11(16)12(17)8-10/h3-8H,2H2,1H3,(H,18,20). The minimum atomic E-state index is -1.11. The number of hydrogen-bond donors (Lipinski definition) is 1. The number of nitro groups is 1. The number of carbonyl (C=O) groups excluding carboxylic acids is 1. The first-order chi connectivity index (χ1) is 10.9. The Morgan fingerprint density at radius 3 is 2.57 bits per heavy atom. The van der Waals surface area contributed by atoms with E-state index >= 15 is 0 Å². The van der Waals surface area contributed by atoms with E-state index < -0.39 is 22.5 Å². The monoisotopic (exact) mass is 322 g/mol. The maximum absolute atomic E-state index is 13.1. The van der Waals surface area contributed by atoms with Gasteiger partial charge in [-0.1, -0.05) is 0 Å². The van der Waals surface area contributed by atoms with Crippen LogP contribution in [0.5, 0.6) is 5.75 Å². The number of nitrogens with zero attached hydrogens (tertiary/aromatic N) is 1. The quantitative estimate of drug-likeness (QED) is 0.674.